The van der Waals surface area contributed by atoms with Crippen molar-refractivity contribution in [2.75, 3.05) is 0 Å². The fourth-order valence-electron chi connectivity index (χ4n) is 1.39. The molecule has 0 N–H and O–H groups in total. The number of hydrogen-bond donors (Lipinski definition) is 0. The van der Waals surface area contributed by atoms with Gasteiger partial charge in [-0.15, -0.1) is 0 Å². The Labute approximate surface area is 100 Å². The summed E-state index contributed by atoms with van der Waals surface area (Å²) in [5.41, 5.74) is -0.0461. The van der Waals surface area contributed by atoms with Crippen LogP contribution >= 0.6 is 11.6 Å². The van der Waals surface area contributed by atoms with Crippen molar-refractivity contribution in [2.24, 2.45) is 0 Å². The first-order valence-corrected chi connectivity index (χ1v) is 5.02. The standard InChI is InChI=1S/C11H6ClF3N2/c1-5-16-8(4-9(12)17-5)6-2-3-7(13)11(15)10(6)14/h2-4H,1H3. The summed E-state index contributed by atoms with van der Waals surface area (Å²) in [7, 11) is 0. The Hall–Kier alpha value is -1.62. The van der Waals surface area contributed by atoms with Crippen LogP contribution in [0.3, 0.4) is 0 Å². The Bertz CT molecular complexity index is 567. The normalized spacial score (nSPS) is 10.6. The van der Waals surface area contributed by atoms with Gasteiger partial charge in [-0.2, -0.15) is 0 Å². The van der Waals surface area contributed by atoms with Crippen molar-refractivity contribution >= 4 is 11.6 Å². The summed E-state index contributed by atoms with van der Waals surface area (Å²) in [4.78, 5) is 7.70. The highest BCUT2D eigenvalue weighted by molar-refractivity contribution is 6.29. The molecule has 6 heteroatoms. The number of aryl methyl sites for hydroxylation is 1. The van der Waals surface area contributed by atoms with Crippen LogP contribution in [0.1, 0.15) is 5.82 Å². The molecule has 2 rings (SSSR count). The SMILES string of the molecule is Cc1nc(Cl)cc(-c2ccc(F)c(F)c2F)n1. The maximum absolute atomic E-state index is 13.5. The monoisotopic (exact) mass is 258 g/mol. The number of aromatic nitrogens is 2. The quantitative estimate of drug-likeness (QED) is 0.578. The third-order valence-electron chi connectivity index (χ3n) is 2.12. The van der Waals surface area contributed by atoms with Crippen LogP contribution in [0.2, 0.25) is 5.15 Å². The molecule has 0 radical (unpaired) electrons. The summed E-state index contributed by atoms with van der Waals surface area (Å²) in [5, 5.41) is 0.108. The Balaban J connectivity index is 2.64. The summed E-state index contributed by atoms with van der Waals surface area (Å²) >= 11 is 5.68. The lowest BCUT2D eigenvalue weighted by molar-refractivity contribution is 0.449. The predicted molar refractivity (Wildman–Crippen MR) is 57.1 cm³/mol. The van der Waals surface area contributed by atoms with Gasteiger partial charge in [-0.05, 0) is 19.1 Å². The van der Waals surface area contributed by atoms with Crippen molar-refractivity contribution in [2.45, 2.75) is 6.92 Å². The number of hydrogen-bond acceptors (Lipinski definition) is 2. The molecule has 0 aliphatic heterocycles. The fraction of sp³-hybridized carbons (Fsp3) is 0.0909. The van der Waals surface area contributed by atoms with Crippen LogP contribution in [-0.2, 0) is 0 Å². The van der Waals surface area contributed by atoms with E-state index in [1.54, 1.807) is 6.92 Å². The minimum Gasteiger partial charge on any atom is -0.233 e. The molecule has 1 heterocycles. The lowest BCUT2D eigenvalue weighted by Crippen LogP contribution is -1.97. The molecule has 0 bridgehead atoms. The van der Waals surface area contributed by atoms with Gasteiger partial charge in [0, 0.05) is 11.6 Å². The molecule has 0 amide bonds. The third-order valence-corrected chi connectivity index (χ3v) is 2.31. The lowest BCUT2D eigenvalue weighted by atomic mass is 10.1. The van der Waals surface area contributed by atoms with Crippen molar-refractivity contribution < 1.29 is 13.2 Å². The summed E-state index contributed by atoms with van der Waals surface area (Å²) in [6.07, 6.45) is 0. The summed E-state index contributed by atoms with van der Waals surface area (Å²) in [5.74, 6) is -3.76. The molecule has 2 nitrogen and oxygen atoms in total. The van der Waals surface area contributed by atoms with Gasteiger partial charge in [-0.25, -0.2) is 23.1 Å². The largest absolute Gasteiger partial charge is 0.233 e. The van der Waals surface area contributed by atoms with Gasteiger partial charge in [0.2, 0.25) is 0 Å². The van der Waals surface area contributed by atoms with Crippen molar-refractivity contribution in [1.82, 2.24) is 9.97 Å². The van der Waals surface area contributed by atoms with Gasteiger partial charge in [-0.1, -0.05) is 11.6 Å². The molecule has 0 fully saturated rings. The minimum absolute atomic E-state index is 0.108. The molecule has 17 heavy (non-hydrogen) atoms. The molecule has 0 aliphatic rings. The zero-order valence-electron chi connectivity index (χ0n) is 8.64. The summed E-state index contributed by atoms with van der Waals surface area (Å²) in [6, 6.07) is 3.22. The molecule has 0 spiro atoms. The second kappa shape index (κ2) is 4.33. The summed E-state index contributed by atoms with van der Waals surface area (Å²) < 4.78 is 39.3. The zero-order valence-corrected chi connectivity index (χ0v) is 9.39. The Kier molecular flexibility index (Phi) is 3.02. The van der Waals surface area contributed by atoms with Crippen molar-refractivity contribution in [1.29, 1.82) is 0 Å². The predicted octanol–water partition coefficient (Wildman–Crippen LogP) is 3.52. The van der Waals surface area contributed by atoms with Crippen LogP contribution in [0.5, 0.6) is 0 Å². The zero-order chi connectivity index (χ0) is 12.6. The molecular formula is C11H6ClF3N2. The van der Waals surface area contributed by atoms with Crippen LogP contribution in [0.15, 0.2) is 18.2 Å². The van der Waals surface area contributed by atoms with E-state index in [9.17, 15) is 13.2 Å². The van der Waals surface area contributed by atoms with Gasteiger partial charge >= 0.3 is 0 Å². The maximum atomic E-state index is 13.5. The van der Waals surface area contributed by atoms with Gasteiger partial charge in [0.25, 0.3) is 0 Å². The van der Waals surface area contributed by atoms with Crippen molar-refractivity contribution in [3.8, 4) is 11.3 Å². The Morgan fingerprint density at radius 1 is 1.06 bits per heavy atom. The second-order valence-electron chi connectivity index (χ2n) is 3.35. The average molecular weight is 259 g/mol. The number of benzene rings is 1. The van der Waals surface area contributed by atoms with E-state index in [1.165, 1.54) is 6.07 Å². The van der Waals surface area contributed by atoms with Gasteiger partial charge in [0.05, 0.1) is 5.69 Å². The third kappa shape index (κ3) is 2.24. The van der Waals surface area contributed by atoms with E-state index >= 15 is 0 Å². The van der Waals surface area contributed by atoms with Crippen LogP contribution in [-0.4, -0.2) is 9.97 Å². The fourth-order valence-corrected chi connectivity index (χ4v) is 1.62. The highest BCUT2D eigenvalue weighted by Gasteiger charge is 2.16. The van der Waals surface area contributed by atoms with E-state index in [2.05, 4.69) is 9.97 Å². The van der Waals surface area contributed by atoms with E-state index in [4.69, 9.17) is 11.6 Å². The van der Waals surface area contributed by atoms with Crippen LogP contribution in [0, 0.1) is 24.4 Å². The smallest absolute Gasteiger partial charge is 0.195 e. The van der Waals surface area contributed by atoms with Crippen LogP contribution in [0.4, 0.5) is 13.2 Å². The second-order valence-corrected chi connectivity index (χ2v) is 3.73. The maximum Gasteiger partial charge on any atom is 0.195 e. The van der Waals surface area contributed by atoms with Crippen LogP contribution < -0.4 is 0 Å². The first-order valence-electron chi connectivity index (χ1n) is 4.64. The molecule has 0 unspecified atom stereocenters. The molecule has 0 aliphatic carbocycles. The van der Waals surface area contributed by atoms with Crippen molar-refractivity contribution in [3.05, 3.63) is 46.6 Å². The molecule has 0 saturated carbocycles. The summed E-state index contributed by atoms with van der Waals surface area (Å²) in [6.45, 7) is 1.56. The number of rotatable bonds is 1. The number of nitrogens with zero attached hydrogens (tertiary/aromatic N) is 2. The van der Waals surface area contributed by atoms with E-state index in [1.807, 2.05) is 0 Å². The Morgan fingerprint density at radius 2 is 1.76 bits per heavy atom. The average Bonchev–Trinajstić information content (AvgIpc) is 2.24. The van der Waals surface area contributed by atoms with E-state index < -0.39 is 17.5 Å². The molecular weight excluding hydrogens is 253 g/mol. The first kappa shape index (κ1) is 11.9. The van der Waals surface area contributed by atoms with E-state index in [-0.39, 0.29) is 16.4 Å². The minimum atomic E-state index is -1.53. The highest BCUT2D eigenvalue weighted by Crippen LogP contribution is 2.25. The highest BCUT2D eigenvalue weighted by atomic mass is 35.5. The molecule has 88 valence electrons. The molecule has 1 aromatic heterocycles. The molecule has 0 atom stereocenters. The lowest BCUT2D eigenvalue weighted by Gasteiger charge is -2.05. The van der Waals surface area contributed by atoms with Gasteiger partial charge in [0.15, 0.2) is 17.5 Å². The van der Waals surface area contributed by atoms with Crippen molar-refractivity contribution in [3.63, 3.8) is 0 Å². The molecule has 0 saturated heterocycles. The van der Waals surface area contributed by atoms with Crippen LogP contribution in [0.25, 0.3) is 11.3 Å². The number of halogens is 4. The van der Waals surface area contributed by atoms with Gasteiger partial charge in [-0.3, -0.25) is 0 Å². The van der Waals surface area contributed by atoms with E-state index in [0.29, 0.717) is 5.82 Å². The Morgan fingerprint density at radius 3 is 2.41 bits per heavy atom. The topological polar surface area (TPSA) is 25.8 Å². The molecule has 2 aromatic rings. The first-order chi connectivity index (χ1) is 7.99. The van der Waals surface area contributed by atoms with Gasteiger partial charge in [0.1, 0.15) is 11.0 Å². The van der Waals surface area contributed by atoms with E-state index in [0.717, 1.165) is 12.1 Å². The van der Waals surface area contributed by atoms with Gasteiger partial charge < -0.3 is 0 Å². The molecule has 1 aromatic carbocycles.